The number of pyridine rings is 2. The predicted octanol–water partition coefficient (Wildman–Crippen LogP) is 6.04. The molecule has 0 atom stereocenters. The van der Waals surface area contributed by atoms with Crippen molar-refractivity contribution in [3.63, 3.8) is 0 Å². The summed E-state index contributed by atoms with van der Waals surface area (Å²) in [4.78, 5) is 49.9. The van der Waals surface area contributed by atoms with Crippen molar-refractivity contribution in [3.8, 4) is 5.75 Å². The summed E-state index contributed by atoms with van der Waals surface area (Å²) in [5, 5.41) is 10.6. The summed E-state index contributed by atoms with van der Waals surface area (Å²) in [7, 11) is 4.85. The molecule has 2 aliphatic rings. The Morgan fingerprint density at radius 1 is 0.981 bits per heavy atom. The summed E-state index contributed by atoms with van der Waals surface area (Å²) < 4.78 is 62.5. The molecule has 13 nitrogen and oxygen atoms in total. The van der Waals surface area contributed by atoms with Gasteiger partial charge in [-0.3, -0.25) is 24.7 Å². The number of anilines is 6. The van der Waals surface area contributed by atoms with E-state index in [-0.39, 0.29) is 53.5 Å². The molecule has 0 unspecified atom stereocenters. The number of methoxy groups -OCH3 is 1. The van der Waals surface area contributed by atoms with Gasteiger partial charge < -0.3 is 25.6 Å². The number of para-hydroxylation sites is 1. The van der Waals surface area contributed by atoms with Crippen molar-refractivity contribution in [3.05, 3.63) is 89.5 Å². The number of hydrogen-bond acceptors (Lipinski definition) is 10. The molecule has 6 rings (SSSR count). The molecule has 4 aromatic rings. The summed E-state index contributed by atoms with van der Waals surface area (Å²) in [6, 6.07) is 14.1. The van der Waals surface area contributed by atoms with Crippen molar-refractivity contribution in [2.75, 3.05) is 61.3 Å². The number of imide groups is 1. The molecule has 0 spiro atoms. The molecule has 2 fully saturated rings. The van der Waals surface area contributed by atoms with Crippen molar-refractivity contribution >= 4 is 52.2 Å². The second-order valence-corrected chi connectivity index (χ2v) is 12.9. The number of nitrogens with one attached hydrogen (secondary N) is 4. The molecule has 54 heavy (non-hydrogen) atoms. The standard InChI is InChI=1S/C37H39F4N9O4/c1-42-35(52)25-6-4-5-7-28(25)45-30-18-32(43-19-26(30)37(39,40)41)46-29-9-8-24(17-31(29)54-3)49-13-10-23(11-14-49)48(2)21-22-16-33(44-20-27(22)38)50-15-12-34(51)47-36(50)53/h4-9,16-20,23H,10-15,21H2,1-3H3,(H,42,52)(H2,43,45,46)(H,47,51,53). The third kappa shape index (κ3) is 8.46. The lowest BCUT2D eigenvalue weighted by atomic mass is 10.0. The first kappa shape index (κ1) is 37.8. The van der Waals surface area contributed by atoms with Gasteiger partial charge in [0.15, 0.2) is 0 Å². The average Bonchev–Trinajstić information content (AvgIpc) is 3.15. The third-order valence-corrected chi connectivity index (χ3v) is 9.45. The van der Waals surface area contributed by atoms with Crippen LogP contribution in [0, 0.1) is 5.82 Å². The number of carbonyl (C=O) groups is 3. The Bertz CT molecular complexity index is 2040. The molecule has 2 aromatic heterocycles. The van der Waals surface area contributed by atoms with E-state index >= 15 is 0 Å². The van der Waals surface area contributed by atoms with Crippen molar-refractivity contribution in [2.45, 2.75) is 38.0 Å². The van der Waals surface area contributed by atoms with Crippen LogP contribution in [-0.4, -0.2) is 79.6 Å². The fourth-order valence-electron chi connectivity index (χ4n) is 6.52. The zero-order valence-corrected chi connectivity index (χ0v) is 29.8. The van der Waals surface area contributed by atoms with Gasteiger partial charge >= 0.3 is 12.2 Å². The number of nitrogens with zero attached hydrogens (tertiary/aromatic N) is 5. The van der Waals surface area contributed by atoms with Crippen LogP contribution in [0.1, 0.15) is 40.7 Å². The van der Waals surface area contributed by atoms with Crippen molar-refractivity contribution in [2.24, 2.45) is 0 Å². The van der Waals surface area contributed by atoms with Gasteiger partial charge in [0.1, 0.15) is 23.2 Å². The zero-order chi connectivity index (χ0) is 38.6. The third-order valence-electron chi connectivity index (χ3n) is 9.45. The molecule has 0 saturated carbocycles. The van der Waals surface area contributed by atoms with Crippen LogP contribution in [0.3, 0.4) is 0 Å². The molecular weight excluding hydrogens is 710 g/mol. The highest BCUT2D eigenvalue weighted by atomic mass is 19.4. The van der Waals surface area contributed by atoms with Crippen molar-refractivity contribution in [1.82, 2.24) is 25.5 Å². The number of piperidine rings is 1. The molecule has 0 aliphatic carbocycles. The number of hydrogen-bond donors (Lipinski definition) is 4. The largest absolute Gasteiger partial charge is 0.494 e. The summed E-state index contributed by atoms with van der Waals surface area (Å²) >= 11 is 0. The van der Waals surface area contributed by atoms with Crippen LogP contribution in [0.25, 0.3) is 0 Å². The Balaban J connectivity index is 1.12. The maximum atomic E-state index is 14.8. The number of ether oxygens (including phenoxy) is 1. The first-order valence-electron chi connectivity index (χ1n) is 17.2. The fraction of sp³-hybridized carbons (Fsp3) is 0.324. The van der Waals surface area contributed by atoms with Crippen LogP contribution < -0.4 is 35.8 Å². The second kappa shape index (κ2) is 16.0. The van der Waals surface area contributed by atoms with E-state index in [0.717, 1.165) is 30.9 Å². The summed E-state index contributed by atoms with van der Waals surface area (Å²) in [5.74, 6) is -0.462. The quantitative estimate of drug-likeness (QED) is 0.134. The van der Waals surface area contributed by atoms with Crippen molar-refractivity contribution < 1.29 is 36.7 Å². The van der Waals surface area contributed by atoms with E-state index in [1.165, 1.54) is 37.3 Å². The Hall–Kier alpha value is -5.97. The average molecular weight is 750 g/mol. The summed E-state index contributed by atoms with van der Waals surface area (Å²) in [6.07, 6.45) is -1.20. The van der Waals surface area contributed by atoms with E-state index in [1.54, 1.807) is 24.3 Å². The number of aromatic nitrogens is 2. The van der Waals surface area contributed by atoms with Gasteiger partial charge in [-0.15, -0.1) is 0 Å². The number of urea groups is 1. The lowest BCUT2D eigenvalue weighted by Crippen LogP contribution is -2.50. The highest BCUT2D eigenvalue weighted by Gasteiger charge is 2.35. The van der Waals surface area contributed by atoms with Crippen LogP contribution in [0.15, 0.2) is 67.0 Å². The highest BCUT2D eigenvalue weighted by molar-refractivity contribution is 6.05. The molecule has 4 amide bonds. The van der Waals surface area contributed by atoms with Crippen LogP contribution in [0.4, 0.5) is 56.7 Å². The van der Waals surface area contributed by atoms with Crippen LogP contribution in [0.2, 0.25) is 0 Å². The monoisotopic (exact) mass is 749 g/mol. The van der Waals surface area contributed by atoms with Crippen LogP contribution in [0.5, 0.6) is 5.75 Å². The molecule has 2 aliphatic heterocycles. The van der Waals surface area contributed by atoms with Gasteiger partial charge in [0.05, 0.1) is 41.5 Å². The molecule has 0 radical (unpaired) electrons. The molecule has 284 valence electrons. The highest BCUT2D eigenvalue weighted by Crippen LogP contribution is 2.39. The minimum Gasteiger partial charge on any atom is -0.494 e. The van der Waals surface area contributed by atoms with Gasteiger partial charge in [-0.05, 0) is 50.2 Å². The SMILES string of the molecule is CNC(=O)c1ccccc1Nc1cc(Nc2ccc(N3CCC(N(C)Cc4cc(N5CCC(=O)NC5=O)ncc4F)CC3)cc2OC)ncc1C(F)(F)F. The van der Waals surface area contributed by atoms with Gasteiger partial charge in [-0.2, -0.15) is 13.2 Å². The Kier molecular flexibility index (Phi) is 11.2. The first-order chi connectivity index (χ1) is 25.8. The normalized spacial score (nSPS) is 15.3. The van der Waals surface area contributed by atoms with E-state index in [4.69, 9.17) is 4.74 Å². The summed E-state index contributed by atoms with van der Waals surface area (Å²) in [6.45, 7) is 1.86. The zero-order valence-electron chi connectivity index (χ0n) is 29.8. The molecule has 17 heteroatoms. The minimum absolute atomic E-state index is 0.116. The fourth-order valence-corrected chi connectivity index (χ4v) is 6.52. The number of rotatable bonds is 11. The lowest BCUT2D eigenvalue weighted by molar-refractivity contribution is -0.137. The predicted molar refractivity (Wildman–Crippen MR) is 195 cm³/mol. The molecular formula is C37H39F4N9O4. The minimum atomic E-state index is -4.72. The maximum absolute atomic E-state index is 14.8. The number of benzene rings is 2. The smallest absolute Gasteiger partial charge is 0.419 e. The van der Waals surface area contributed by atoms with Crippen molar-refractivity contribution in [1.29, 1.82) is 0 Å². The van der Waals surface area contributed by atoms with E-state index in [1.807, 2.05) is 19.2 Å². The van der Waals surface area contributed by atoms with E-state index < -0.39 is 29.5 Å². The van der Waals surface area contributed by atoms with Gasteiger partial charge in [-0.1, -0.05) is 12.1 Å². The van der Waals surface area contributed by atoms with Gasteiger partial charge in [-0.25, -0.2) is 19.2 Å². The van der Waals surface area contributed by atoms with Gasteiger partial charge in [0.25, 0.3) is 5.91 Å². The molecule has 4 heterocycles. The Morgan fingerprint density at radius 3 is 2.44 bits per heavy atom. The van der Waals surface area contributed by atoms with E-state index in [0.29, 0.717) is 36.6 Å². The number of halogens is 4. The van der Waals surface area contributed by atoms with Crippen LogP contribution >= 0.6 is 0 Å². The lowest BCUT2D eigenvalue weighted by Gasteiger charge is -2.38. The van der Waals surface area contributed by atoms with E-state index in [9.17, 15) is 31.9 Å². The number of amides is 4. The van der Waals surface area contributed by atoms with Gasteiger partial charge in [0.2, 0.25) is 5.91 Å². The molecule has 4 N–H and O–H groups in total. The molecule has 0 bridgehead atoms. The summed E-state index contributed by atoms with van der Waals surface area (Å²) in [5.41, 5.74) is 0.826. The van der Waals surface area contributed by atoms with Gasteiger partial charge in [0, 0.05) is 75.3 Å². The number of alkyl halides is 3. The molecule has 2 saturated heterocycles. The van der Waals surface area contributed by atoms with Crippen LogP contribution in [-0.2, 0) is 17.5 Å². The topological polar surface area (TPSA) is 144 Å². The first-order valence-corrected chi connectivity index (χ1v) is 17.2. The molecule has 2 aromatic carbocycles. The second-order valence-electron chi connectivity index (χ2n) is 12.9. The Labute approximate surface area is 308 Å². The number of carbonyl (C=O) groups excluding carboxylic acids is 3. The maximum Gasteiger partial charge on any atom is 0.419 e. The Morgan fingerprint density at radius 2 is 1.74 bits per heavy atom. The van der Waals surface area contributed by atoms with E-state index in [2.05, 4.69) is 41.0 Å².